The van der Waals surface area contributed by atoms with Crippen molar-refractivity contribution in [2.45, 2.75) is 19.8 Å². The lowest BCUT2D eigenvalue weighted by molar-refractivity contribution is 0.281. The average molecular weight is 278 g/mol. The van der Waals surface area contributed by atoms with E-state index in [2.05, 4.69) is 0 Å². The van der Waals surface area contributed by atoms with Crippen LogP contribution >= 0.6 is 11.6 Å². The molecule has 0 atom stereocenters. The summed E-state index contributed by atoms with van der Waals surface area (Å²) in [5.41, 5.74) is 8.43. The van der Waals surface area contributed by atoms with Gasteiger partial charge in [-0.1, -0.05) is 41.9 Å². The number of hydrogen-bond donors (Lipinski definition) is 2. The molecule has 19 heavy (non-hydrogen) atoms. The predicted molar refractivity (Wildman–Crippen MR) is 76.0 cm³/mol. The number of benzene rings is 2. The summed E-state index contributed by atoms with van der Waals surface area (Å²) in [6, 6.07) is 13.1. The Kier molecular flexibility index (Phi) is 4.80. The van der Waals surface area contributed by atoms with Gasteiger partial charge >= 0.3 is 0 Å². The third-order valence-electron chi connectivity index (χ3n) is 2.83. The molecule has 4 heteroatoms. The molecule has 0 heterocycles. The molecule has 0 aliphatic carbocycles. The van der Waals surface area contributed by atoms with Crippen LogP contribution in [0.5, 0.6) is 5.75 Å². The van der Waals surface area contributed by atoms with Crippen molar-refractivity contribution in [2.24, 2.45) is 5.73 Å². The molecule has 0 aromatic heterocycles. The molecule has 0 unspecified atom stereocenters. The summed E-state index contributed by atoms with van der Waals surface area (Å²) < 4.78 is 5.66. The summed E-state index contributed by atoms with van der Waals surface area (Å²) in [6.45, 7) is 0.948. The molecule has 3 N–H and O–H groups in total. The predicted octanol–water partition coefficient (Wildman–Crippen LogP) is 2.87. The molecule has 0 saturated heterocycles. The third kappa shape index (κ3) is 3.70. The fraction of sp³-hybridized carbons (Fsp3) is 0.200. The van der Waals surface area contributed by atoms with Gasteiger partial charge in [-0.3, -0.25) is 0 Å². The fourth-order valence-corrected chi connectivity index (χ4v) is 1.95. The van der Waals surface area contributed by atoms with E-state index in [4.69, 9.17) is 27.2 Å². The van der Waals surface area contributed by atoms with Gasteiger partial charge < -0.3 is 15.6 Å². The van der Waals surface area contributed by atoms with Crippen molar-refractivity contribution < 1.29 is 9.84 Å². The molecule has 2 aromatic rings. The molecule has 0 saturated carbocycles. The molecule has 0 amide bonds. The van der Waals surface area contributed by atoms with E-state index in [0.717, 1.165) is 16.7 Å². The lowest BCUT2D eigenvalue weighted by Crippen LogP contribution is -1.99. The van der Waals surface area contributed by atoms with Gasteiger partial charge in [-0.05, 0) is 28.8 Å². The van der Waals surface area contributed by atoms with Crippen LogP contribution in [0.4, 0.5) is 0 Å². The van der Waals surface area contributed by atoms with E-state index in [1.807, 2.05) is 42.5 Å². The zero-order valence-corrected chi connectivity index (χ0v) is 11.2. The molecule has 0 radical (unpaired) electrons. The van der Waals surface area contributed by atoms with Gasteiger partial charge in [-0.25, -0.2) is 0 Å². The van der Waals surface area contributed by atoms with Crippen molar-refractivity contribution in [1.82, 2.24) is 0 Å². The van der Waals surface area contributed by atoms with Gasteiger partial charge in [0.1, 0.15) is 12.4 Å². The number of aliphatic hydroxyl groups is 1. The monoisotopic (exact) mass is 277 g/mol. The lowest BCUT2D eigenvalue weighted by atomic mass is 10.1. The molecule has 3 nitrogen and oxygen atoms in total. The largest absolute Gasteiger partial charge is 0.487 e. The van der Waals surface area contributed by atoms with Crippen LogP contribution in [0, 0.1) is 0 Å². The maximum absolute atomic E-state index is 8.96. The quantitative estimate of drug-likeness (QED) is 0.884. The summed E-state index contributed by atoms with van der Waals surface area (Å²) in [5, 5.41) is 9.53. The van der Waals surface area contributed by atoms with Crippen molar-refractivity contribution in [2.75, 3.05) is 0 Å². The molecule has 0 fully saturated rings. The number of ether oxygens (including phenoxy) is 1. The highest BCUT2D eigenvalue weighted by Gasteiger charge is 2.03. The Morgan fingerprint density at radius 1 is 1.00 bits per heavy atom. The number of aliphatic hydroxyl groups excluding tert-OH is 1. The highest BCUT2D eigenvalue weighted by molar-refractivity contribution is 6.32. The maximum atomic E-state index is 8.96. The van der Waals surface area contributed by atoms with E-state index in [1.165, 1.54) is 0 Å². The Hall–Kier alpha value is -1.55. The zero-order chi connectivity index (χ0) is 13.7. The molecule has 0 aliphatic rings. The van der Waals surface area contributed by atoms with Gasteiger partial charge in [0.15, 0.2) is 0 Å². The first-order valence-corrected chi connectivity index (χ1v) is 6.40. The third-order valence-corrected chi connectivity index (χ3v) is 3.13. The van der Waals surface area contributed by atoms with Crippen molar-refractivity contribution in [3.05, 3.63) is 64.2 Å². The fourth-order valence-electron chi connectivity index (χ4n) is 1.69. The van der Waals surface area contributed by atoms with Crippen molar-refractivity contribution in [1.29, 1.82) is 0 Å². The van der Waals surface area contributed by atoms with Gasteiger partial charge in [0.2, 0.25) is 0 Å². The van der Waals surface area contributed by atoms with Gasteiger partial charge in [0.05, 0.1) is 11.6 Å². The van der Waals surface area contributed by atoms with E-state index >= 15 is 0 Å². The van der Waals surface area contributed by atoms with E-state index < -0.39 is 0 Å². The SMILES string of the molecule is NCc1ccc(OCc2ccc(CO)cc2)c(Cl)c1. The Morgan fingerprint density at radius 2 is 1.63 bits per heavy atom. The first-order valence-electron chi connectivity index (χ1n) is 6.03. The lowest BCUT2D eigenvalue weighted by Gasteiger charge is -2.09. The molecular weight excluding hydrogens is 262 g/mol. The summed E-state index contributed by atoms with van der Waals surface area (Å²) in [7, 11) is 0. The molecule has 100 valence electrons. The maximum Gasteiger partial charge on any atom is 0.138 e. The standard InChI is InChI=1S/C15H16ClNO2/c16-14-7-13(8-17)5-6-15(14)19-10-12-3-1-11(9-18)2-4-12/h1-7,18H,8-10,17H2. The molecule has 2 aromatic carbocycles. The van der Waals surface area contributed by atoms with Crippen LogP contribution in [0.2, 0.25) is 5.02 Å². The van der Waals surface area contributed by atoms with E-state index in [0.29, 0.717) is 23.9 Å². The summed E-state index contributed by atoms with van der Waals surface area (Å²) in [4.78, 5) is 0. The second-order valence-electron chi connectivity index (χ2n) is 4.23. The Bertz CT molecular complexity index is 540. The van der Waals surface area contributed by atoms with Crippen molar-refractivity contribution in [3.63, 3.8) is 0 Å². The van der Waals surface area contributed by atoms with Crippen molar-refractivity contribution in [3.8, 4) is 5.75 Å². The summed E-state index contributed by atoms with van der Waals surface area (Å²) in [5.74, 6) is 0.644. The van der Waals surface area contributed by atoms with Gasteiger partial charge in [-0.15, -0.1) is 0 Å². The number of rotatable bonds is 5. The van der Waals surface area contributed by atoms with Crippen molar-refractivity contribution >= 4 is 11.6 Å². The van der Waals surface area contributed by atoms with Crippen LogP contribution in [0.25, 0.3) is 0 Å². The first-order chi connectivity index (χ1) is 9.22. The highest BCUT2D eigenvalue weighted by Crippen LogP contribution is 2.26. The van der Waals surface area contributed by atoms with Crippen LogP contribution in [0.3, 0.4) is 0 Å². The molecular formula is C15H16ClNO2. The zero-order valence-electron chi connectivity index (χ0n) is 10.5. The van der Waals surface area contributed by atoms with Crippen LogP contribution in [0.15, 0.2) is 42.5 Å². The molecule has 0 spiro atoms. The van der Waals surface area contributed by atoms with Crippen LogP contribution < -0.4 is 10.5 Å². The number of halogens is 1. The second-order valence-corrected chi connectivity index (χ2v) is 4.64. The van der Waals surface area contributed by atoms with E-state index in [-0.39, 0.29) is 6.61 Å². The topological polar surface area (TPSA) is 55.5 Å². The van der Waals surface area contributed by atoms with E-state index in [9.17, 15) is 0 Å². The summed E-state index contributed by atoms with van der Waals surface area (Å²) in [6.07, 6.45) is 0. The minimum Gasteiger partial charge on any atom is -0.487 e. The Balaban J connectivity index is 2.01. The van der Waals surface area contributed by atoms with E-state index in [1.54, 1.807) is 0 Å². The first kappa shape index (κ1) is 13.9. The van der Waals surface area contributed by atoms with Gasteiger partial charge in [0.25, 0.3) is 0 Å². The minimum atomic E-state index is 0.0491. The molecule has 0 bridgehead atoms. The van der Waals surface area contributed by atoms with Crippen LogP contribution in [0.1, 0.15) is 16.7 Å². The molecule has 2 rings (SSSR count). The second kappa shape index (κ2) is 6.57. The smallest absolute Gasteiger partial charge is 0.138 e. The number of nitrogens with two attached hydrogens (primary N) is 1. The highest BCUT2D eigenvalue weighted by atomic mass is 35.5. The minimum absolute atomic E-state index is 0.0491. The van der Waals surface area contributed by atoms with Gasteiger partial charge in [-0.2, -0.15) is 0 Å². The Morgan fingerprint density at radius 3 is 2.21 bits per heavy atom. The normalized spacial score (nSPS) is 10.5. The van der Waals surface area contributed by atoms with Crippen LogP contribution in [-0.4, -0.2) is 5.11 Å². The summed E-state index contributed by atoms with van der Waals surface area (Å²) >= 11 is 6.11. The average Bonchev–Trinajstić information content (AvgIpc) is 2.46. The number of hydrogen-bond acceptors (Lipinski definition) is 3. The van der Waals surface area contributed by atoms with Crippen LogP contribution in [-0.2, 0) is 19.8 Å². The Labute approximate surface area is 117 Å². The molecule has 0 aliphatic heterocycles. The van der Waals surface area contributed by atoms with Gasteiger partial charge in [0, 0.05) is 6.54 Å².